The third kappa shape index (κ3) is 6.85. The smallest absolute Gasteiger partial charge is 0.407 e. The summed E-state index contributed by atoms with van der Waals surface area (Å²) in [5, 5.41) is 2.73. The summed E-state index contributed by atoms with van der Waals surface area (Å²) in [4.78, 5) is 28.5. The zero-order chi connectivity index (χ0) is 18.3. The van der Waals surface area contributed by atoms with E-state index < -0.39 is 17.6 Å². The fourth-order valence-electron chi connectivity index (χ4n) is 2.34. The molecule has 1 heterocycles. The van der Waals surface area contributed by atoms with E-state index in [1.807, 2.05) is 19.9 Å². The first kappa shape index (κ1) is 19.7. The molecule has 7 nitrogen and oxygen atoms in total. The van der Waals surface area contributed by atoms with Crippen molar-refractivity contribution < 1.29 is 14.3 Å². The maximum absolute atomic E-state index is 12.5. The number of carbonyl (C=O) groups is 2. The molecule has 0 radical (unpaired) electrons. The van der Waals surface area contributed by atoms with Gasteiger partial charge in [0.25, 0.3) is 0 Å². The number of carbonyl (C=O) groups excluding carboxylic acids is 2. The Kier molecular flexibility index (Phi) is 7.00. The Labute approximate surface area is 143 Å². The molecular weight excluding hydrogens is 308 g/mol. The van der Waals surface area contributed by atoms with Crippen molar-refractivity contribution in [3.63, 3.8) is 0 Å². The van der Waals surface area contributed by atoms with E-state index in [2.05, 4.69) is 21.2 Å². The number of hydrogen-bond acceptors (Lipinski definition) is 5. The van der Waals surface area contributed by atoms with Gasteiger partial charge < -0.3 is 10.1 Å². The predicted molar refractivity (Wildman–Crippen MR) is 93.2 cm³/mol. The molecule has 0 unspecified atom stereocenters. The third-order valence-corrected chi connectivity index (χ3v) is 3.28. The first-order chi connectivity index (χ1) is 11.1. The first-order valence-electron chi connectivity index (χ1n) is 8.06. The number of alkyl carbamates (subject to hydrolysis) is 1. The molecule has 0 fully saturated rings. The van der Waals surface area contributed by atoms with Gasteiger partial charge in [0.1, 0.15) is 11.4 Å². The van der Waals surface area contributed by atoms with Crippen molar-refractivity contribution in [1.29, 1.82) is 0 Å². The maximum atomic E-state index is 12.5. The second-order valence-corrected chi connectivity index (χ2v) is 7.03. The normalized spacial score (nSPS) is 13.8. The van der Waals surface area contributed by atoms with Gasteiger partial charge in [0, 0.05) is 12.2 Å². The van der Waals surface area contributed by atoms with E-state index in [1.165, 1.54) is 0 Å². The number of ether oxygens (including phenoxy) is 1. The van der Waals surface area contributed by atoms with Gasteiger partial charge in [-0.2, -0.15) is 0 Å². The third-order valence-electron chi connectivity index (χ3n) is 3.28. The van der Waals surface area contributed by atoms with Gasteiger partial charge in [-0.05, 0) is 45.7 Å². The number of nitrogens with one attached hydrogen (secondary N) is 3. The van der Waals surface area contributed by atoms with Crippen molar-refractivity contribution in [3.8, 4) is 0 Å². The molecule has 0 spiro atoms. The molecule has 1 aromatic rings. The minimum absolute atomic E-state index is 0.0282. The van der Waals surface area contributed by atoms with E-state index in [1.54, 1.807) is 46.0 Å². The van der Waals surface area contributed by atoms with Crippen LogP contribution < -0.4 is 16.2 Å². The molecule has 3 N–H and O–H groups in total. The van der Waals surface area contributed by atoms with Crippen LogP contribution in [0.5, 0.6) is 0 Å². The minimum atomic E-state index is -0.583. The van der Waals surface area contributed by atoms with Gasteiger partial charge in [-0.1, -0.05) is 19.9 Å². The van der Waals surface area contributed by atoms with Crippen molar-refractivity contribution in [2.45, 2.75) is 53.2 Å². The zero-order valence-corrected chi connectivity index (χ0v) is 15.2. The second kappa shape index (κ2) is 8.52. The summed E-state index contributed by atoms with van der Waals surface area (Å²) in [6, 6.07) is 4.96. The van der Waals surface area contributed by atoms with Crippen LogP contribution in [0.1, 0.15) is 41.5 Å². The van der Waals surface area contributed by atoms with E-state index in [4.69, 9.17) is 4.74 Å². The van der Waals surface area contributed by atoms with Gasteiger partial charge in [-0.25, -0.2) is 9.78 Å². The Morgan fingerprint density at radius 3 is 2.33 bits per heavy atom. The molecule has 0 saturated heterocycles. The zero-order valence-electron chi connectivity index (χ0n) is 15.2. The van der Waals surface area contributed by atoms with Crippen LogP contribution in [0.4, 0.5) is 10.6 Å². The van der Waals surface area contributed by atoms with Gasteiger partial charge in [0.2, 0.25) is 5.91 Å². The highest BCUT2D eigenvalue weighted by atomic mass is 16.6. The molecule has 0 aliphatic heterocycles. The van der Waals surface area contributed by atoms with Crippen molar-refractivity contribution in [2.24, 2.45) is 11.8 Å². The lowest BCUT2D eigenvalue weighted by Crippen LogP contribution is -2.49. The fraction of sp³-hybridized carbons (Fsp3) is 0.588. The van der Waals surface area contributed by atoms with Crippen molar-refractivity contribution >= 4 is 17.8 Å². The molecule has 2 atom stereocenters. The number of nitrogens with zero attached hydrogens (tertiary/aromatic N) is 1. The molecule has 0 aliphatic carbocycles. The van der Waals surface area contributed by atoms with E-state index in [-0.39, 0.29) is 17.9 Å². The topological polar surface area (TPSA) is 92.4 Å². The lowest BCUT2D eigenvalue weighted by molar-refractivity contribution is -0.126. The van der Waals surface area contributed by atoms with Gasteiger partial charge in [0.05, 0.1) is 5.92 Å². The van der Waals surface area contributed by atoms with Gasteiger partial charge in [-0.15, -0.1) is 0 Å². The molecule has 7 heteroatoms. The summed E-state index contributed by atoms with van der Waals surface area (Å²) in [6.45, 7) is 11.0. The average Bonchev–Trinajstić information content (AvgIpc) is 2.43. The monoisotopic (exact) mass is 336 g/mol. The number of hydrogen-bond donors (Lipinski definition) is 3. The molecule has 0 saturated carbocycles. The number of hydrazine groups is 1. The maximum Gasteiger partial charge on any atom is 0.407 e. The SMILES string of the molecule is CC(C)[C@H](C(=O)NNc1ccccn1)[C@H](C)NC(=O)OC(C)(C)C. The molecule has 1 rings (SSSR count). The van der Waals surface area contributed by atoms with Crippen LogP contribution in [0.15, 0.2) is 24.4 Å². The molecule has 134 valence electrons. The standard InChI is InChI=1S/C17H28N4O3/c1-11(2)14(12(3)19-16(23)24-17(4,5)6)15(22)21-20-13-9-7-8-10-18-13/h7-12,14H,1-6H3,(H,18,20)(H,19,23)(H,21,22)/t12-,14-/m0/s1. The molecule has 0 aromatic carbocycles. The van der Waals surface area contributed by atoms with Crippen LogP contribution in [-0.4, -0.2) is 28.6 Å². The van der Waals surface area contributed by atoms with Crippen molar-refractivity contribution in [1.82, 2.24) is 15.7 Å². The highest BCUT2D eigenvalue weighted by molar-refractivity contribution is 5.81. The molecule has 0 bridgehead atoms. The molecular formula is C17H28N4O3. The lowest BCUT2D eigenvalue weighted by Gasteiger charge is -2.28. The van der Waals surface area contributed by atoms with Crippen LogP contribution >= 0.6 is 0 Å². The number of amides is 2. The predicted octanol–water partition coefficient (Wildman–Crippen LogP) is 2.71. The largest absolute Gasteiger partial charge is 0.444 e. The Hall–Kier alpha value is -2.31. The van der Waals surface area contributed by atoms with Gasteiger partial charge in [-0.3, -0.25) is 15.6 Å². The van der Waals surface area contributed by atoms with Crippen LogP contribution in [0.2, 0.25) is 0 Å². The molecule has 2 amide bonds. The first-order valence-corrected chi connectivity index (χ1v) is 8.06. The minimum Gasteiger partial charge on any atom is -0.444 e. The highest BCUT2D eigenvalue weighted by Crippen LogP contribution is 2.17. The summed E-state index contributed by atoms with van der Waals surface area (Å²) in [6.07, 6.45) is 1.09. The fourth-order valence-corrected chi connectivity index (χ4v) is 2.34. The number of rotatable bonds is 6. The quantitative estimate of drug-likeness (QED) is 0.695. The number of pyridine rings is 1. The highest BCUT2D eigenvalue weighted by Gasteiger charge is 2.30. The van der Waals surface area contributed by atoms with Crippen molar-refractivity contribution in [2.75, 3.05) is 5.43 Å². The van der Waals surface area contributed by atoms with Crippen LogP contribution in [0.3, 0.4) is 0 Å². The van der Waals surface area contributed by atoms with Gasteiger partial charge >= 0.3 is 6.09 Å². The summed E-state index contributed by atoms with van der Waals surface area (Å²) in [5.74, 6) is -0.0745. The molecule has 24 heavy (non-hydrogen) atoms. The summed E-state index contributed by atoms with van der Waals surface area (Å²) in [5.41, 5.74) is 4.83. The lowest BCUT2D eigenvalue weighted by atomic mass is 9.88. The van der Waals surface area contributed by atoms with E-state index >= 15 is 0 Å². The number of anilines is 1. The van der Waals surface area contributed by atoms with Crippen LogP contribution in [0.25, 0.3) is 0 Å². The van der Waals surface area contributed by atoms with Crippen LogP contribution in [0, 0.1) is 11.8 Å². The molecule has 0 aliphatic rings. The summed E-state index contributed by atoms with van der Waals surface area (Å²) >= 11 is 0. The van der Waals surface area contributed by atoms with E-state index in [0.29, 0.717) is 5.82 Å². The van der Waals surface area contributed by atoms with E-state index in [0.717, 1.165) is 0 Å². The second-order valence-electron chi connectivity index (χ2n) is 7.03. The summed E-state index contributed by atoms with van der Waals surface area (Å²) < 4.78 is 5.24. The number of aromatic nitrogens is 1. The van der Waals surface area contributed by atoms with E-state index in [9.17, 15) is 9.59 Å². The molecule has 1 aromatic heterocycles. The average molecular weight is 336 g/mol. The Bertz CT molecular complexity index is 541. The summed E-state index contributed by atoms with van der Waals surface area (Å²) in [7, 11) is 0. The van der Waals surface area contributed by atoms with Crippen LogP contribution in [-0.2, 0) is 9.53 Å². The Morgan fingerprint density at radius 1 is 1.17 bits per heavy atom. The van der Waals surface area contributed by atoms with Gasteiger partial charge in [0.15, 0.2) is 0 Å². The Morgan fingerprint density at radius 2 is 1.83 bits per heavy atom. The van der Waals surface area contributed by atoms with Crippen molar-refractivity contribution in [3.05, 3.63) is 24.4 Å². The Balaban J connectivity index is 2.64.